The van der Waals surface area contributed by atoms with Crippen LogP contribution >= 0.6 is 0 Å². The normalized spacial score (nSPS) is 81.0. The third-order valence-corrected chi connectivity index (χ3v) is 6.11. The Bertz CT molecular complexity index is 350. The average Bonchev–Trinajstić information content (AvgIpc) is 2.85. The summed E-state index contributed by atoms with van der Waals surface area (Å²) in [7, 11) is 0. The Kier molecular flexibility index (Phi) is 0.825. The van der Waals surface area contributed by atoms with Crippen LogP contribution in [-0.4, -0.2) is 23.4 Å². The Hall–Kier alpha value is -0.0800. The monoisotopic (exact) mass is 192 g/mol. The van der Waals surface area contributed by atoms with Gasteiger partial charge in [0, 0.05) is 0 Å². The molecule has 5 aliphatic rings. The highest BCUT2D eigenvalue weighted by molar-refractivity contribution is 5.30. The van der Waals surface area contributed by atoms with Crippen LogP contribution in [0.4, 0.5) is 0 Å². The molecule has 2 aliphatic heterocycles. The minimum Gasteiger partial charge on any atom is -0.366 e. The van der Waals surface area contributed by atoms with Crippen LogP contribution in [0.2, 0.25) is 0 Å². The van der Waals surface area contributed by atoms with E-state index in [4.69, 9.17) is 9.47 Å². The highest BCUT2D eigenvalue weighted by Gasteiger charge is 2.82. The second-order valence-electron chi connectivity index (χ2n) is 6.44. The van der Waals surface area contributed by atoms with Gasteiger partial charge in [-0.3, -0.25) is 0 Å². The van der Waals surface area contributed by atoms with Crippen molar-refractivity contribution in [2.24, 2.45) is 23.7 Å². The van der Waals surface area contributed by atoms with Crippen molar-refractivity contribution < 1.29 is 9.47 Å². The maximum Gasteiger partial charge on any atom is 0.0954 e. The fraction of sp³-hybridized carbons (Fsp3) is 1.00. The molecule has 0 aromatic rings. The zero-order valence-corrected chi connectivity index (χ0v) is 8.69. The van der Waals surface area contributed by atoms with E-state index >= 15 is 0 Å². The second kappa shape index (κ2) is 1.60. The Morgan fingerprint density at radius 1 is 1.00 bits per heavy atom. The summed E-state index contributed by atoms with van der Waals surface area (Å²) in [5.74, 6) is 3.49. The number of fused-ring (bicyclic) bond motifs is 10. The highest BCUT2D eigenvalue weighted by Crippen LogP contribution is 2.76. The summed E-state index contributed by atoms with van der Waals surface area (Å²) in [4.78, 5) is 0. The molecule has 2 heterocycles. The molecular formula is C12H16O2. The lowest BCUT2D eigenvalue weighted by Gasteiger charge is -2.30. The van der Waals surface area contributed by atoms with Crippen LogP contribution in [0.25, 0.3) is 0 Å². The van der Waals surface area contributed by atoms with Crippen LogP contribution < -0.4 is 0 Å². The maximum absolute atomic E-state index is 5.92. The molecule has 14 heavy (non-hydrogen) atoms. The van der Waals surface area contributed by atoms with Crippen molar-refractivity contribution in [3.8, 4) is 0 Å². The Balaban J connectivity index is 1.65. The predicted molar refractivity (Wildman–Crippen MR) is 49.8 cm³/mol. The van der Waals surface area contributed by atoms with E-state index < -0.39 is 0 Å². The second-order valence-corrected chi connectivity index (χ2v) is 6.44. The summed E-state index contributed by atoms with van der Waals surface area (Å²) in [6, 6.07) is 0. The molecule has 0 N–H and O–H groups in total. The molecule has 0 aromatic carbocycles. The van der Waals surface area contributed by atoms with Gasteiger partial charge in [-0.05, 0) is 50.4 Å². The maximum atomic E-state index is 5.92. The summed E-state index contributed by atoms with van der Waals surface area (Å²) in [5.41, 5.74) is 0.580. The van der Waals surface area contributed by atoms with Gasteiger partial charge in [-0.25, -0.2) is 0 Å². The van der Waals surface area contributed by atoms with E-state index in [1.54, 1.807) is 0 Å². The van der Waals surface area contributed by atoms with E-state index in [9.17, 15) is 0 Å². The summed E-state index contributed by atoms with van der Waals surface area (Å²) in [5, 5.41) is 0. The molecule has 2 nitrogen and oxygen atoms in total. The molecular weight excluding hydrogens is 176 g/mol. The zero-order valence-electron chi connectivity index (χ0n) is 8.69. The van der Waals surface area contributed by atoms with Crippen LogP contribution in [0.5, 0.6) is 0 Å². The minimum atomic E-state index is 0.275. The van der Waals surface area contributed by atoms with E-state index in [-0.39, 0.29) is 5.60 Å². The number of hydrogen-bond acceptors (Lipinski definition) is 2. The van der Waals surface area contributed by atoms with Gasteiger partial charge >= 0.3 is 0 Å². The standard InChI is InChI=1S/C12H16O2/c1-11-7-3-6(10(11)14-11)9-5(7)4-8-12(9,2)13-8/h5-10H,3-4H2,1-2H3. The van der Waals surface area contributed by atoms with E-state index in [0.29, 0.717) is 17.8 Å². The van der Waals surface area contributed by atoms with Gasteiger partial charge in [0.05, 0.1) is 23.4 Å². The summed E-state index contributed by atoms with van der Waals surface area (Å²) in [6.07, 6.45) is 3.98. The van der Waals surface area contributed by atoms with Crippen molar-refractivity contribution in [1.29, 1.82) is 0 Å². The summed E-state index contributed by atoms with van der Waals surface area (Å²) in [6.45, 7) is 4.68. The van der Waals surface area contributed by atoms with Crippen molar-refractivity contribution in [2.75, 3.05) is 0 Å². The van der Waals surface area contributed by atoms with Gasteiger partial charge in [-0.1, -0.05) is 0 Å². The van der Waals surface area contributed by atoms with Crippen molar-refractivity contribution >= 4 is 0 Å². The quantitative estimate of drug-likeness (QED) is 0.544. The van der Waals surface area contributed by atoms with Crippen LogP contribution in [-0.2, 0) is 9.47 Å². The van der Waals surface area contributed by atoms with Crippen LogP contribution in [0.15, 0.2) is 0 Å². The third kappa shape index (κ3) is 0.489. The fourth-order valence-electron chi connectivity index (χ4n) is 5.46. The van der Waals surface area contributed by atoms with Gasteiger partial charge in [0.15, 0.2) is 0 Å². The molecule has 0 spiro atoms. The lowest BCUT2D eigenvalue weighted by atomic mass is 9.73. The van der Waals surface area contributed by atoms with Gasteiger partial charge in [0.2, 0.25) is 0 Å². The first-order valence-corrected chi connectivity index (χ1v) is 6.00. The van der Waals surface area contributed by atoms with E-state index in [0.717, 1.165) is 23.7 Å². The van der Waals surface area contributed by atoms with Crippen molar-refractivity contribution in [2.45, 2.75) is 50.1 Å². The molecule has 76 valence electrons. The van der Waals surface area contributed by atoms with Gasteiger partial charge in [-0.2, -0.15) is 0 Å². The molecule has 2 heteroatoms. The smallest absolute Gasteiger partial charge is 0.0954 e. The minimum absolute atomic E-state index is 0.275. The number of ether oxygens (including phenoxy) is 2. The largest absolute Gasteiger partial charge is 0.366 e. The van der Waals surface area contributed by atoms with Crippen molar-refractivity contribution in [1.82, 2.24) is 0 Å². The van der Waals surface area contributed by atoms with Gasteiger partial charge in [-0.15, -0.1) is 0 Å². The molecule has 0 aromatic heterocycles. The number of rotatable bonds is 0. The molecule has 2 saturated heterocycles. The molecule has 5 rings (SSSR count). The molecule has 3 saturated carbocycles. The first kappa shape index (κ1) is 7.24. The van der Waals surface area contributed by atoms with Crippen molar-refractivity contribution in [3.05, 3.63) is 0 Å². The van der Waals surface area contributed by atoms with Gasteiger partial charge < -0.3 is 9.47 Å². The predicted octanol–water partition coefficient (Wildman–Crippen LogP) is 1.59. The Morgan fingerprint density at radius 3 is 2.71 bits per heavy atom. The Morgan fingerprint density at radius 2 is 1.86 bits per heavy atom. The molecule has 8 unspecified atom stereocenters. The average molecular weight is 192 g/mol. The summed E-state index contributed by atoms with van der Waals surface area (Å²) >= 11 is 0. The molecule has 3 aliphatic carbocycles. The van der Waals surface area contributed by atoms with Crippen LogP contribution in [0.1, 0.15) is 26.7 Å². The lowest BCUT2D eigenvalue weighted by Crippen LogP contribution is -2.36. The van der Waals surface area contributed by atoms with Crippen LogP contribution in [0.3, 0.4) is 0 Å². The first-order valence-electron chi connectivity index (χ1n) is 6.00. The van der Waals surface area contributed by atoms with Gasteiger partial charge in [0.25, 0.3) is 0 Å². The van der Waals surface area contributed by atoms with Crippen molar-refractivity contribution in [3.63, 3.8) is 0 Å². The molecule has 8 atom stereocenters. The van der Waals surface area contributed by atoms with E-state index in [2.05, 4.69) is 13.8 Å². The molecule has 5 fully saturated rings. The van der Waals surface area contributed by atoms with E-state index in [1.807, 2.05) is 0 Å². The third-order valence-electron chi connectivity index (χ3n) is 6.11. The number of hydrogen-bond donors (Lipinski definition) is 0. The van der Waals surface area contributed by atoms with Crippen LogP contribution in [0, 0.1) is 23.7 Å². The fourth-order valence-corrected chi connectivity index (χ4v) is 5.46. The topological polar surface area (TPSA) is 25.1 Å². The lowest BCUT2D eigenvalue weighted by molar-refractivity contribution is 0.103. The summed E-state index contributed by atoms with van der Waals surface area (Å²) < 4.78 is 11.8. The highest BCUT2D eigenvalue weighted by atomic mass is 16.6. The SMILES string of the molecule is CC12OC1C1CC2C2CC3OC3(C)C21. The number of epoxide rings is 2. The Labute approximate surface area is 84.0 Å². The first-order chi connectivity index (χ1) is 6.64. The van der Waals surface area contributed by atoms with Gasteiger partial charge in [0.1, 0.15) is 0 Å². The molecule has 0 radical (unpaired) electrons. The molecule has 2 bridgehead atoms. The molecule has 0 amide bonds. The zero-order chi connectivity index (χ0) is 9.29. The van der Waals surface area contributed by atoms with E-state index in [1.165, 1.54) is 12.8 Å².